The third-order valence-electron chi connectivity index (χ3n) is 4.34. The number of methoxy groups -OCH3 is 1. The summed E-state index contributed by atoms with van der Waals surface area (Å²) in [5, 5.41) is 0.172. The summed E-state index contributed by atoms with van der Waals surface area (Å²) in [5.41, 5.74) is 0.945. The Bertz CT molecular complexity index is 1100. The molecule has 0 N–H and O–H groups in total. The van der Waals surface area contributed by atoms with Crippen LogP contribution in [0.1, 0.15) is 22.8 Å². The van der Waals surface area contributed by atoms with Gasteiger partial charge in [0.1, 0.15) is 10.1 Å². The highest BCUT2D eigenvalue weighted by Gasteiger charge is 2.31. The number of halogens is 1. The van der Waals surface area contributed by atoms with Gasteiger partial charge in [0.05, 0.1) is 29.2 Å². The van der Waals surface area contributed by atoms with Gasteiger partial charge in [-0.1, -0.05) is 41.7 Å². The lowest BCUT2D eigenvalue weighted by Gasteiger charge is -2.14. The number of amides is 1. The van der Waals surface area contributed by atoms with E-state index in [0.29, 0.717) is 39.3 Å². The second kappa shape index (κ2) is 10.7. The molecular formula is C23H20ClNO5S2. The number of nitrogens with zero attached hydrogens (tertiary/aromatic N) is 1. The first-order chi connectivity index (χ1) is 15.4. The number of hydrogen-bond acceptors (Lipinski definition) is 7. The van der Waals surface area contributed by atoms with Crippen LogP contribution < -0.4 is 14.2 Å². The number of thioether (sulfide) groups is 1. The average Bonchev–Trinajstić information content (AvgIpc) is 3.04. The largest absolute Gasteiger partial charge is 0.497 e. The van der Waals surface area contributed by atoms with Crippen LogP contribution in [0.5, 0.6) is 17.2 Å². The van der Waals surface area contributed by atoms with E-state index in [9.17, 15) is 9.59 Å². The molecule has 0 atom stereocenters. The van der Waals surface area contributed by atoms with Gasteiger partial charge in [-0.25, -0.2) is 4.79 Å². The summed E-state index contributed by atoms with van der Waals surface area (Å²) in [4.78, 5) is 27.1. The first-order valence-corrected chi connectivity index (χ1v) is 11.2. The van der Waals surface area contributed by atoms with Gasteiger partial charge < -0.3 is 14.2 Å². The number of benzene rings is 2. The van der Waals surface area contributed by atoms with Gasteiger partial charge in [-0.2, -0.15) is 0 Å². The number of hydrogen-bond donors (Lipinski definition) is 0. The lowest BCUT2D eigenvalue weighted by molar-refractivity contribution is -0.121. The Morgan fingerprint density at radius 1 is 1.28 bits per heavy atom. The third kappa shape index (κ3) is 5.32. The van der Waals surface area contributed by atoms with Crippen LogP contribution in [0.15, 0.2) is 54.0 Å². The zero-order chi connectivity index (χ0) is 23.3. The van der Waals surface area contributed by atoms with E-state index in [4.69, 9.17) is 38.0 Å². The Morgan fingerprint density at radius 2 is 2.00 bits per heavy atom. The van der Waals surface area contributed by atoms with E-state index in [0.717, 1.165) is 0 Å². The van der Waals surface area contributed by atoms with Crippen LogP contribution in [0.2, 0.25) is 5.02 Å². The van der Waals surface area contributed by atoms with Crippen molar-refractivity contribution in [3.05, 3.63) is 70.1 Å². The molecule has 1 aliphatic heterocycles. The van der Waals surface area contributed by atoms with Crippen molar-refractivity contribution in [3.63, 3.8) is 0 Å². The standard InChI is InChI=1S/C23H20ClNO5S2/c1-4-10-25-21(26)19(32-23(25)31)13-14-11-17(24)20(18(12-14)29-5-2)30-22(27)15-6-8-16(28-3)9-7-15/h4,6-9,11-13H,1,5,10H2,2-3H3. The Balaban J connectivity index is 1.89. The Labute approximate surface area is 200 Å². The minimum Gasteiger partial charge on any atom is -0.497 e. The van der Waals surface area contributed by atoms with Gasteiger partial charge in [0.15, 0.2) is 11.5 Å². The van der Waals surface area contributed by atoms with Crippen molar-refractivity contribution >= 4 is 57.9 Å². The van der Waals surface area contributed by atoms with Crippen molar-refractivity contribution in [2.24, 2.45) is 0 Å². The summed E-state index contributed by atoms with van der Waals surface area (Å²) in [6.07, 6.45) is 3.29. The highest BCUT2D eigenvalue weighted by Crippen LogP contribution is 2.39. The van der Waals surface area contributed by atoms with Crippen LogP contribution in [-0.2, 0) is 4.79 Å². The maximum Gasteiger partial charge on any atom is 0.343 e. The van der Waals surface area contributed by atoms with Crippen molar-refractivity contribution in [2.45, 2.75) is 6.92 Å². The molecule has 1 aliphatic rings. The fraction of sp³-hybridized carbons (Fsp3) is 0.174. The van der Waals surface area contributed by atoms with E-state index < -0.39 is 5.97 Å². The highest BCUT2D eigenvalue weighted by atomic mass is 35.5. The van der Waals surface area contributed by atoms with Gasteiger partial charge in [-0.05, 0) is 55.0 Å². The lowest BCUT2D eigenvalue weighted by Crippen LogP contribution is -2.27. The molecule has 0 bridgehead atoms. The molecule has 2 aromatic rings. The maximum atomic E-state index is 12.6. The molecule has 0 unspecified atom stereocenters. The topological polar surface area (TPSA) is 65.1 Å². The molecule has 3 rings (SSSR count). The van der Waals surface area contributed by atoms with Crippen LogP contribution in [0, 0.1) is 0 Å². The van der Waals surface area contributed by atoms with Gasteiger partial charge in [-0.3, -0.25) is 9.69 Å². The molecule has 6 nitrogen and oxygen atoms in total. The second-order valence-electron chi connectivity index (χ2n) is 6.46. The molecule has 0 saturated carbocycles. The van der Waals surface area contributed by atoms with E-state index in [1.54, 1.807) is 62.6 Å². The van der Waals surface area contributed by atoms with Crippen molar-refractivity contribution in [3.8, 4) is 17.2 Å². The molecule has 0 spiro atoms. The monoisotopic (exact) mass is 489 g/mol. The van der Waals surface area contributed by atoms with Crippen LogP contribution >= 0.6 is 35.6 Å². The van der Waals surface area contributed by atoms with E-state index in [2.05, 4.69) is 6.58 Å². The number of esters is 1. The Morgan fingerprint density at radius 3 is 2.62 bits per heavy atom. The molecule has 32 heavy (non-hydrogen) atoms. The van der Waals surface area contributed by atoms with Crippen molar-refractivity contribution in [2.75, 3.05) is 20.3 Å². The zero-order valence-electron chi connectivity index (χ0n) is 17.4. The average molecular weight is 490 g/mol. The summed E-state index contributed by atoms with van der Waals surface area (Å²) >= 11 is 12.9. The molecule has 9 heteroatoms. The zero-order valence-corrected chi connectivity index (χ0v) is 19.8. The number of carbonyl (C=O) groups excluding carboxylic acids is 2. The van der Waals surface area contributed by atoms with E-state index in [-0.39, 0.29) is 22.4 Å². The molecule has 0 aromatic heterocycles. The summed E-state index contributed by atoms with van der Waals surface area (Å²) in [5.74, 6) is 0.218. The van der Waals surface area contributed by atoms with E-state index in [1.165, 1.54) is 16.7 Å². The third-order valence-corrected chi connectivity index (χ3v) is 5.99. The SMILES string of the molecule is C=CCN1C(=O)C(=Cc2cc(Cl)c(OC(=O)c3ccc(OC)cc3)c(OCC)c2)SC1=S. The van der Waals surface area contributed by atoms with Gasteiger partial charge in [0.2, 0.25) is 0 Å². The van der Waals surface area contributed by atoms with E-state index >= 15 is 0 Å². The summed E-state index contributed by atoms with van der Waals surface area (Å²) in [6, 6.07) is 9.76. The van der Waals surface area contributed by atoms with Crippen LogP contribution in [0.3, 0.4) is 0 Å². The summed E-state index contributed by atoms with van der Waals surface area (Å²) in [7, 11) is 1.54. The molecule has 1 amide bonds. The quantitative estimate of drug-likeness (QED) is 0.163. The molecule has 1 heterocycles. The van der Waals surface area contributed by atoms with Crippen molar-refractivity contribution in [1.29, 1.82) is 0 Å². The van der Waals surface area contributed by atoms with Crippen LogP contribution in [0.4, 0.5) is 0 Å². The molecule has 2 aromatic carbocycles. The highest BCUT2D eigenvalue weighted by molar-refractivity contribution is 8.26. The summed E-state index contributed by atoms with van der Waals surface area (Å²) < 4.78 is 16.7. The second-order valence-corrected chi connectivity index (χ2v) is 8.54. The Kier molecular flexibility index (Phi) is 7.95. The number of rotatable bonds is 8. The molecular weight excluding hydrogens is 470 g/mol. The van der Waals surface area contributed by atoms with Crippen molar-refractivity contribution in [1.82, 2.24) is 4.90 Å². The van der Waals surface area contributed by atoms with Crippen molar-refractivity contribution < 1.29 is 23.8 Å². The smallest absolute Gasteiger partial charge is 0.343 e. The molecule has 1 saturated heterocycles. The van der Waals surface area contributed by atoms with E-state index in [1.807, 2.05) is 0 Å². The number of ether oxygens (including phenoxy) is 3. The molecule has 0 aliphatic carbocycles. The van der Waals surface area contributed by atoms with Gasteiger partial charge >= 0.3 is 5.97 Å². The number of thiocarbonyl (C=S) groups is 1. The minimum atomic E-state index is -0.589. The fourth-order valence-electron chi connectivity index (χ4n) is 2.85. The van der Waals surface area contributed by atoms with Gasteiger partial charge in [0, 0.05) is 6.54 Å². The lowest BCUT2D eigenvalue weighted by atomic mass is 10.1. The minimum absolute atomic E-state index is 0.102. The fourth-order valence-corrected chi connectivity index (χ4v) is 4.38. The van der Waals surface area contributed by atoms with Gasteiger partial charge in [0.25, 0.3) is 5.91 Å². The van der Waals surface area contributed by atoms with Crippen LogP contribution in [-0.4, -0.2) is 41.4 Å². The first-order valence-electron chi connectivity index (χ1n) is 9.56. The first kappa shape index (κ1) is 23.8. The Hall–Kier alpha value is -2.81. The molecule has 166 valence electrons. The number of carbonyl (C=O) groups is 2. The predicted octanol–water partition coefficient (Wildman–Crippen LogP) is 5.35. The maximum absolute atomic E-state index is 12.6. The van der Waals surface area contributed by atoms with Gasteiger partial charge in [-0.15, -0.1) is 6.58 Å². The molecule has 1 fully saturated rings. The summed E-state index contributed by atoms with van der Waals surface area (Å²) in [6.45, 7) is 6.12. The predicted molar refractivity (Wildman–Crippen MR) is 131 cm³/mol. The normalized spacial score (nSPS) is 14.6. The van der Waals surface area contributed by atoms with Crippen LogP contribution in [0.25, 0.3) is 6.08 Å². The molecule has 0 radical (unpaired) electrons.